The molecule has 1 aromatic carbocycles. The molecule has 0 aliphatic heterocycles. The number of nitrogens with zero attached hydrogens (tertiary/aromatic N) is 1. The molecule has 2 N–H and O–H groups in total. The van der Waals surface area contributed by atoms with Crippen molar-refractivity contribution in [3.63, 3.8) is 0 Å². The Morgan fingerprint density at radius 1 is 1.33 bits per heavy atom. The number of hydrogen-bond donors (Lipinski definition) is 2. The number of unbranched alkanes of at least 4 members (excludes halogenated alkanes) is 1. The van der Waals surface area contributed by atoms with E-state index in [1.54, 1.807) is 24.3 Å². The molecule has 21 heavy (non-hydrogen) atoms. The van der Waals surface area contributed by atoms with Gasteiger partial charge in [-0.1, -0.05) is 37.1 Å². The van der Waals surface area contributed by atoms with Gasteiger partial charge in [-0.05, 0) is 24.1 Å². The molecule has 6 heteroatoms. The molecule has 2 amide bonds. The van der Waals surface area contributed by atoms with Crippen LogP contribution in [-0.2, 0) is 9.59 Å². The fourth-order valence-corrected chi connectivity index (χ4v) is 1.88. The van der Waals surface area contributed by atoms with Crippen LogP contribution in [0.25, 0.3) is 0 Å². The minimum absolute atomic E-state index is 0.0762. The normalized spacial score (nSPS) is 11.8. The lowest BCUT2D eigenvalue weighted by molar-refractivity contribution is -0.142. The Hall–Kier alpha value is -1.59. The van der Waals surface area contributed by atoms with Gasteiger partial charge in [0.05, 0.1) is 6.54 Å². The van der Waals surface area contributed by atoms with Gasteiger partial charge < -0.3 is 15.3 Å². The summed E-state index contributed by atoms with van der Waals surface area (Å²) in [6.45, 7) is 2.55. The highest BCUT2D eigenvalue weighted by Crippen LogP contribution is 2.18. The van der Waals surface area contributed by atoms with E-state index < -0.39 is 12.0 Å². The lowest BCUT2D eigenvalue weighted by Gasteiger charge is -2.20. The van der Waals surface area contributed by atoms with Crippen LogP contribution in [0.15, 0.2) is 24.3 Å². The van der Waals surface area contributed by atoms with Crippen LogP contribution < -0.4 is 5.32 Å². The number of carbonyl (C=O) groups excluding carboxylic acids is 2. The van der Waals surface area contributed by atoms with Crippen molar-refractivity contribution in [2.45, 2.75) is 25.9 Å². The number of amides is 2. The van der Waals surface area contributed by atoms with E-state index in [1.165, 1.54) is 11.9 Å². The summed E-state index contributed by atoms with van der Waals surface area (Å²) in [6.07, 6.45) is 0.594. The number of aliphatic hydroxyl groups excluding tert-OH is 1. The van der Waals surface area contributed by atoms with Gasteiger partial charge >= 0.3 is 0 Å². The average Bonchev–Trinajstić information content (AvgIpc) is 2.46. The van der Waals surface area contributed by atoms with Gasteiger partial charge in [-0.15, -0.1) is 0 Å². The molecule has 0 aromatic heterocycles. The lowest BCUT2D eigenvalue weighted by atomic mass is 10.1. The molecule has 0 fully saturated rings. The van der Waals surface area contributed by atoms with Crippen LogP contribution in [0.1, 0.15) is 31.4 Å². The second kappa shape index (κ2) is 8.64. The number of hydrogen-bond acceptors (Lipinski definition) is 3. The summed E-state index contributed by atoms with van der Waals surface area (Å²) in [5, 5.41) is 13.3. The summed E-state index contributed by atoms with van der Waals surface area (Å²) in [5.41, 5.74) is 0.447. The van der Waals surface area contributed by atoms with E-state index in [-0.39, 0.29) is 12.5 Å². The maximum atomic E-state index is 12.1. The maximum absolute atomic E-state index is 12.1. The van der Waals surface area contributed by atoms with Gasteiger partial charge in [-0.3, -0.25) is 9.59 Å². The van der Waals surface area contributed by atoms with Gasteiger partial charge in [-0.25, -0.2) is 0 Å². The highest BCUT2D eigenvalue weighted by atomic mass is 35.5. The van der Waals surface area contributed by atoms with Crippen molar-refractivity contribution in [1.29, 1.82) is 0 Å². The highest BCUT2D eigenvalue weighted by molar-refractivity contribution is 6.30. The first-order valence-corrected chi connectivity index (χ1v) is 7.28. The van der Waals surface area contributed by atoms with Gasteiger partial charge in [0.25, 0.3) is 5.91 Å². The van der Waals surface area contributed by atoms with Crippen LogP contribution in [-0.4, -0.2) is 42.0 Å². The fourth-order valence-electron chi connectivity index (χ4n) is 1.75. The van der Waals surface area contributed by atoms with Crippen molar-refractivity contribution in [2.75, 3.05) is 20.1 Å². The molecule has 1 unspecified atom stereocenters. The number of likely N-dealkylation sites (N-methyl/N-ethyl adjacent to an activating group) is 1. The molecular formula is C15H21ClN2O3. The van der Waals surface area contributed by atoms with Gasteiger partial charge in [0.2, 0.25) is 5.91 Å². The van der Waals surface area contributed by atoms with E-state index in [2.05, 4.69) is 5.32 Å². The standard InChI is InChI=1S/C15H21ClN2O3/c1-3-4-9-17-13(19)10-18(2)15(21)14(20)11-5-7-12(16)8-6-11/h5-8,14,20H,3-4,9-10H2,1-2H3,(H,17,19). The Bertz CT molecular complexity index is 476. The Balaban J connectivity index is 2.53. The second-order valence-electron chi connectivity index (χ2n) is 4.85. The summed E-state index contributed by atoms with van der Waals surface area (Å²) in [4.78, 5) is 24.9. The Morgan fingerprint density at radius 2 is 1.95 bits per heavy atom. The van der Waals surface area contributed by atoms with Crippen LogP contribution >= 0.6 is 11.6 Å². The smallest absolute Gasteiger partial charge is 0.256 e. The van der Waals surface area contributed by atoms with Crippen molar-refractivity contribution < 1.29 is 14.7 Å². The molecule has 0 bridgehead atoms. The van der Waals surface area contributed by atoms with Crippen LogP contribution in [0.3, 0.4) is 0 Å². The minimum atomic E-state index is -1.30. The first kappa shape index (κ1) is 17.5. The van der Waals surface area contributed by atoms with Crippen LogP contribution in [0, 0.1) is 0 Å². The van der Waals surface area contributed by atoms with Crippen molar-refractivity contribution in [3.8, 4) is 0 Å². The first-order chi connectivity index (χ1) is 9.95. The molecule has 0 saturated heterocycles. The minimum Gasteiger partial charge on any atom is -0.378 e. The SMILES string of the molecule is CCCCNC(=O)CN(C)C(=O)C(O)c1ccc(Cl)cc1. The largest absolute Gasteiger partial charge is 0.378 e. The number of carbonyl (C=O) groups is 2. The average molecular weight is 313 g/mol. The van der Waals surface area contributed by atoms with Crippen molar-refractivity contribution >= 4 is 23.4 Å². The lowest BCUT2D eigenvalue weighted by Crippen LogP contribution is -2.40. The van der Waals surface area contributed by atoms with Gasteiger partial charge in [-0.2, -0.15) is 0 Å². The van der Waals surface area contributed by atoms with Crippen LogP contribution in [0.4, 0.5) is 0 Å². The van der Waals surface area contributed by atoms with Gasteiger partial charge in [0.15, 0.2) is 6.10 Å². The van der Waals surface area contributed by atoms with E-state index in [1.807, 2.05) is 6.92 Å². The molecule has 1 aromatic rings. The van der Waals surface area contributed by atoms with Crippen LogP contribution in [0.2, 0.25) is 5.02 Å². The maximum Gasteiger partial charge on any atom is 0.256 e. The molecule has 116 valence electrons. The highest BCUT2D eigenvalue weighted by Gasteiger charge is 2.22. The fraction of sp³-hybridized carbons (Fsp3) is 0.467. The van der Waals surface area contributed by atoms with Crippen molar-refractivity contribution in [3.05, 3.63) is 34.9 Å². The van der Waals surface area contributed by atoms with E-state index in [9.17, 15) is 14.7 Å². The second-order valence-corrected chi connectivity index (χ2v) is 5.29. The molecule has 0 radical (unpaired) electrons. The molecule has 0 aliphatic rings. The third-order valence-electron chi connectivity index (χ3n) is 3.03. The third-order valence-corrected chi connectivity index (χ3v) is 3.28. The summed E-state index contributed by atoms with van der Waals surface area (Å²) in [5.74, 6) is -0.759. The Labute approximate surface area is 129 Å². The molecule has 1 atom stereocenters. The van der Waals surface area contributed by atoms with E-state index in [4.69, 9.17) is 11.6 Å². The molecule has 0 heterocycles. The van der Waals surface area contributed by atoms with E-state index >= 15 is 0 Å². The number of halogens is 1. The third kappa shape index (κ3) is 5.73. The molecule has 1 rings (SSSR count). The predicted molar refractivity (Wildman–Crippen MR) is 82.0 cm³/mol. The van der Waals surface area contributed by atoms with Crippen molar-refractivity contribution in [1.82, 2.24) is 10.2 Å². The van der Waals surface area contributed by atoms with Crippen LogP contribution in [0.5, 0.6) is 0 Å². The summed E-state index contributed by atoms with van der Waals surface area (Å²) < 4.78 is 0. The number of rotatable bonds is 7. The van der Waals surface area contributed by atoms with E-state index in [0.29, 0.717) is 17.1 Å². The Kier molecular flexibility index (Phi) is 7.19. The summed E-state index contributed by atoms with van der Waals surface area (Å²) >= 11 is 5.76. The zero-order valence-corrected chi connectivity index (χ0v) is 13.1. The topological polar surface area (TPSA) is 69.6 Å². The van der Waals surface area contributed by atoms with Gasteiger partial charge in [0, 0.05) is 18.6 Å². The zero-order valence-electron chi connectivity index (χ0n) is 12.3. The molecular weight excluding hydrogens is 292 g/mol. The molecule has 0 aliphatic carbocycles. The summed E-state index contributed by atoms with van der Waals surface area (Å²) in [6, 6.07) is 6.37. The van der Waals surface area contributed by atoms with Crippen molar-refractivity contribution in [2.24, 2.45) is 0 Å². The number of benzene rings is 1. The molecule has 5 nitrogen and oxygen atoms in total. The monoisotopic (exact) mass is 312 g/mol. The first-order valence-electron chi connectivity index (χ1n) is 6.91. The summed E-state index contributed by atoms with van der Waals surface area (Å²) in [7, 11) is 1.49. The van der Waals surface area contributed by atoms with Gasteiger partial charge in [0.1, 0.15) is 0 Å². The Morgan fingerprint density at radius 3 is 2.52 bits per heavy atom. The number of nitrogens with one attached hydrogen (secondary N) is 1. The number of aliphatic hydroxyl groups is 1. The molecule has 0 saturated carbocycles. The zero-order chi connectivity index (χ0) is 15.8. The quantitative estimate of drug-likeness (QED) is 0.754. The molecule has 0 spiro atoms. The van der Waals surface area contributed by atoms with E-state index in [0.717, 1.165) is 12.8 Å². The predicted octanol–water partition coefficient (Wildman–Crippen LogP) is 1.75.